The molecule has 28 heavy (non-hydrogen) atoms. The van der Waals surface area contributed by atoms with Crippen LogP contribution in [0.4, 0.5) is 0 Å². The van der Waals surface area contributed by atoms with Gasteiger partial charge in [0.05, 0.1) is 24.9 Å². The van der Waals surface area contributed by atoms with E-state index in [2.05, 4.69) is 10.3 Å². The molecule has 3 rings (SSSR count). The summed E-state index contributed by atoms with van der Waals surface area (Å²) in [6.07, 6.45) is 0.871. The van der Waals surface area contributed by atoms with Gasteiger partial charge in [-0.05, 0) is 42.5 Å². The number of nitrogens with one attached hydrogen (secondary N) is 1. The number of amides is 1. The van der Waals surface area contributed by atoms with Gasteiger partial charge < -0.3 is 10.1 Å². The van der Waals surface area contributed by atoms with Crippen molar-refractivity contribution in [1.29, 1.82) is 0 Å². The van der Waals surface area contributed by atoms with Crippen LogP contribution in [0.15, 0.2) is 45.7 Å². The standard InChI is InChI=1S/C20H23N3O3S2/c1-4-13(2)21-17(24)12-28-20-22-16-8-9-27-18(16)19(25)23(20)11-14-6-5-7-15(10-14)26-3/h5-10,13H,4,11-12H2,1-3H3,(H,21,24)/t13-/m0/s1. The van der Waals surface area contributed by atoms with E-state index in [4.69, 9.17) is 4.74 Å². The summed E-state index contributed by atoms with van der Waals surface area (Å²) in [6, 6.07) is 9.55. The van der Waals surface area contributed by atoms with Crippen LogP contribution in [0, 0.1) is 0 Å². The van der Waals surface area contributed by atoms with Crippen molar-refractivity contribution in [3.8, 4) is 5.75 Å². The number of benzene rings is 1. The molecule has 2 heterocycles. The van der Waals surface area contributed by atoms with Crippen LogP contribution >= 0.6 is 23.1 Å². The van der Waals surface area contributed by atoms with Crippen molar-refractivity contribution in [3.63, 3.8) is 0 Å². The van der Waals surface area contributed by atoms with Gasteiger partial charge in [0.25, 0.3) is 5.56 Å². The van der Waals surface area contributed by atoms with Crippen molar-refractivity contribution in [1.82, 2.24) is 14.9 Å². The number of carbonyl (C=O) groups is 1. The monoisotopic (exact) mass is 417 g/mol. The van der Waals surface area contributed by atoms with Crippen LogP contribution in [0.5, 0.6) is 5.75 Å². The zero-order valence-corrected chi connectivity index (χ0v) is 17.7. The molecule has 0 aliphatic rings. The van der Waals surface area contributed by atoms with Gasteiger partial charge in [0.1, 0.15) is 10.4 Å². The first kappa shape index (κ1) is 20.4. The van der Waals surface area contributed by atoms with E-state index in [1.807, 2.05) is 49.6 Å². The van der Waals surface area contributed by atoms with Gasteiger partial charge in [-0.15, -0.1) is 11.3 Å². The minimum Gasteiger partial charge on any atom is -0.497 e. The van der Waals surface area contributed by atoms with Crippen LogP contribution in [-0.4, -0.2) is 34.4 Å². The second kappa shape index (κ2) is 9.25. The minimum absolute atomic E-state index is 0.0630. The lowest BCUT2D eigenvalue weighted by molar-refractivity contribution is -0.119. The molecule has 1 atom stereocenters. The summed E-state index contributed by atoms with van der Waals surface area (Å²) in [5, 5.41) is 5.34. The van der Waals surface area contributed by atoms with Crippen LogP contribution in [0.25, 0.3) is 10.2 Å². The highest BCUT2D eigenvalue weighted by atomic mass is 32.2. The lowest BCUT2D eigenvalue weighted by Crippen LogP contribution is -2.33. The summed E-state index contributed by atoms with van der Waals surface area (Å²) < 4.78 is 7.53. The second-order valence-corrected chi connectivity index (χ2v) is 8.30. The molecule has 0 spiro atoms. The van der Waals surface area contributed by atoms with Crippen LogP contribution in [0.1, 0.15) is 25.8 Å². The molecule has 6 nitrogen and oxygen atoms in total. The lowest BCUT2D eigenvalue weighted by Gasteiger charge is -2.14. The Hall–Kier alpha value is -2.32. The first-order valence-corrected chi connectivity index (χ1v) is 10.9. The zero-order chi connectivity index (χ0) is 20.1. The molecule has 0 radical (unpaired) electrons. The number of fused-ring (bicyclic) bond motifs is 1. The summed E-state index contributed by atoms with van der Waals surface area (Å²) in [5.74, 6) is 0.884. The van der Waals surface area contributed by atoms with Crippen molar-refractivity contribution in [2.24, 2.45) is 0 Å². The molecule has 1 amide bonds. The topological polar surface area (TPSA) is 73.2 Å². The van der Waals surface area contributed by atoms with Gasteiger partial charge in [-0.1, -0.05) is 30.8 Å². The normalized spacial score (nSPS) is 12.1. The maximum atomic E-state index is 13.0. The fraction of sp³-hybridized carbons (Fsp3) is 0.350. The first-order valence-electron chi connectivity index (χ1n) is 9.05. The van der Waals surface area contributed by atoms with Gasteiger partial charge in [0, 0.05) is 6.04 Å². The molecule has 3 aromatic rings. The van der Waals surface area contributed by atoms with Crippen LogP contribution < -0.4 is 15.6 Å². The van der Waals surface area contributed by atoms with Crippen molar-refractivity contribution in [2.75, 3.05) is 12.9 Å². The van der Waals surface area contributed by atoms with Crippen LogP contribution in [-0.2, 0) is 11.3 Å². The Morgan fingerprint density at radius 2 is 2.21 bits per heavy atom. The maximum Gasteiger partial charge on any atom is 0.272 e. The molecule has 0 fully saturated rings. The van der Waals surface area contributed by atoms with Gasteiger partial charge in [-0.25, -0.2) is 4.98 Å². The van der Waals surface area contributed by atoms with Gasteiger partial charge in [0.15, 0.2) is 5.16 Å². The molecular weight excluding hydrogens is 394 g/mol. The molecule has 0 saturated heterocycles. The van der Waals surface area contributed by atoms with E-state index in [0.29, 0.717) is 21.9 Å². The smallest absolute Gasteiger partial charge is 0.272 e. The third-order valence-electron chi connectivity index (χ3n) is 4.36. The Morgan fingerprint density at radius 3 is 2.96 bits per heavy atom. The number of aromatic nitrogens is 2. The third kappa shape index (κ3) is 4.74. The average molecular weight is 418 g/mol. The van der Waals surface area contributed by atoms with Gasteiger partial charge >= 0.3 is 0 Å². The number of methoxy groups -OCH3 is 1. The number of hydrogen-bond acceptors (Lipinski definition) is 6. The largest absolute Gasteiger partial charge is 0.497 e. The second-order valence-electron chi connectivity index (χ2n) is 6.44. The highest BCUT2D eigenvalue weighted by Gasteiger charge is 2.15. The van der Waals surface area contributed by atoms with E-state index in [1.54, 1.807) is 11.7 Å². The van der Waals surface area contributed by atoms with E-state index < -0.39 is 0 Å². The van der Waals surface area contributed by atoms with Crippen molar-refractivity contribution in [3.05, 3.63) is 51.6 Å². The molecule has 0 aliphatic carbocycles. The third-order valence-corrected chi connectivity index (χ3v) is 6.23. The quantitative estimate of drug-likeness (QED) is 0.448. The SMILES string of the molecule is CC[C@H](C)NC(=O)CSc1nc2ccsc2c(=O)n1Cc1cccc(OC)c1. The molecule has 8 heteroatoms. The van der Waals surface area contributed by atoms with Crippen LogP contribution in [0.2, 0.25) is 0 Å². The Balaban J connectivity index is 1.90. The minimum atomic E-state index is -0.0901. The Labute approximate surface area is 171 Å². The van der Waals surface area contributed by atoms with Crippen molar-refractivity contribution < 1.29 is 9.53 Å². The predicted molar refractivity (Wildman–Crippen MR) is 115 cm³/mol. The summed E-state index contributed by atoms with van der Waals surface area (Å²) in [4.78, 5) is 29.8. The highest BCUT2D eigenvalue weighted by Crippen LogP contribution is 2.22. The Bertz CT molecular complexity index is 1030. The molecule has 0 aliphatic heterocycles. The maximum absolute atomic E-state index is 13.0. The van der Waals surface area contributed by atoms with Gasteiger partial charge in [0.2, 0.25) is 5.91 Å². The predicted octanol–water partition coefficient (Wildman–Crippen LogP) is 3.52. The summed E-state index contributed by atoms with van der Waals surface area (Å²) in [6.45, 7) is 4.36. The number of nitrogens with zero attached hydrogens (tertiary/aromatic N) is 2. The molecule has 2 aromatic heterocycles. The molecule has 148 valence electrons. The van der Waals surface area contributed by atoms with Crippen LogP contribution in [0.3, 0.4) is 0 Å². The molecule has 1 aromatic carbocycles. The summed E-state index contributed by atoms with van der Waals surface area (Å²) in [5.41, 5.74) is 1.51. The van der Waals surface area contributed by atoms with Crippen molar-refractivity contribution >= 4 is 39.2 Å². The molecule has 0 bridgehead atoms. The number of carbonyl (C=O) groups excluding carboxylic acids is 1. The highest BCUT2D eigenvalue weighted by molar-refractivity contribution is 7.99. The lowest BCUT2D eigenvalue weighted by atomic mass is 10.2. The number of rotatable bonds is 8. The molecule has 0 saturated carbocycles. The van der Waals surface area contributed by atoms with E-state index in [0.717, 1.165) is 17.7 Å². The van der Waals surface area contributed by atoms with Crippen molar-refractivity contribution in [2.45, 2.75) is 38.0 Å². The van der Waals surface area contributed by atoms with E-state index >= 15 is 0 Å². The zero-order valence-electron chi connectivity index (χ0n) is 16.1. The number of thiophene rings is 1. The van der Waals surface area contributed by atoms with E-state index in [9.17, 15) is 9.59 Å². The Kier molecular flexibility index (Phi) is 6.74. The van der Waals surface area contributed by atoms with E-state index in [1.165, 1.54) is 23.1 Å². The number of ether oxygens (including phenoxy) is 1. The number of hydrogen-bond donors (Lipinski definition) is 1. The average Bonchev–Trinajstić information content (AvgIpc) is 3.17. The summed E-state index contributed by atoms with van der Waals surface area (Å²) >= 11 is 2.66. The summed E-state index contributed by atoms with van der Waals surface area (Å²) in [7, 11) is 1.61. The molecule has 1 N–H and O–H groups in total. The number of thioether (sulfide) groups is 1. The van der Waals surface area contributed by atoms with Gasteiger partial charge in [-0.3, -0.25) is 14.2 Å². The Morgan fingerprint density at radius 1 is 1.39 bits per heavy atom. The molecular formula is C20H23N3O3S2. The fourth-order valence-corrected chi connectivity index (χ4v) is 4.26. The fourth-order valence-electron chi connectivity index (χ4n) is 2.68. The molecule has 0 unspecified atom stereocenters. The van der Waals surface area contributed by atoms with E-state index in [-0.39, 0.29) is 23.3 Å². The van der Waals surface area contributed by atoms with Gasteiger partial charge in [-0.2, -0.15) is 0 Å². The first-order chi connectivity index (χ1) is 13.5.